The number of para-hydroxylation sites is 1. The minimum Gasteiger partial charge on any atom is -0.338 e. The summed E-state index contributed by atoms with van der Waals surface area (Å²) in [6, 6.07) is 10.9. The van der Waals surface area contributed by atoms with Crippen molar-refractivity contribution in [2.75, 3.05) is 16.8 Å². The second-order valence-corrected chi connectivity index (χ2v) is 6.72. The van der Waals surface area contributed by atoms with E-state index < -0.39 is 17.5 Å². The fraction of sp³-hybridized carbons (Fsp3) is 0.190. The Labute approximate surface area is 165 Å². The van der Waals surface area contributed by atoms with E-state index in [-0.39, 0.29) is 28.9 Å². The number of fused-ring (bicyclic) bond motifs is 1. The number of nitrogens with zero attached hydrogens (tertiary/aromatic N) is 3. The van der Waals surface area contributed by atoms with Gasteiger partial charge in [-0.1, -0.05) is 18.2 Å². The number of nitrogens with one attached hydrogen (secondary N) is 1. The summed E-state index contributed by atoms with van der Waals surface area (Å²) in [5, 5.41) is 2.59. The summed E-state index contributed by atoms with van der Waals surface area (Å²) < 4.78 is 40.6. The topological polar surface area (TPSA) is 58.1 Å². The van der Waals surface area contributed by atoms with Crippen molar-refractivity contribution in [3.05, 3.63) is 77.0 Å². The number of hydrogen-bond acceptors (Lipinski definition) is 4. The molecular weight excluding hydrogens is 381 g/mol. The molecule has 1 aliphatic heterocycles. The second-order valence-electron chi connectivity index (χ2n) is 6.72. The third-order valence-corrected chi connectivity index (χ3v) is 4.71. The molecule has 1 amide bonds. The van der Waals surface area contributed by atoms with Gasteiger partial charge in [0.1, 0.15) is 17.3 Å². The average molecular weight is 398 g/mol. The van der Waals surface area contributed by atoms with Gasteiger partial charge in [-0.25, -0.2) is 23.1 Å². The monoisotopic (exact) mass is 398 g/mol. The Balaban J connectivity index is 1.66. The number of hydrogen-bond donors (Lipinski definition) is 1. The summed E-state index contributed by atoms with van der Waals surface area (Å²) in [6.07, 6.45) is 1.73. The van der Waals surface area contributed by atoms with Crippen molar-refractivity contribution in [2.24, 2.45) is 0 Å². The predicted octanol–water partition coefficient (Wildman–Crippen LogP) is 4.54. The lowest BCUT2D eigenvalue weighted by Crippen LogP contribution is -2.36. The van der Waals surface area contributed by atoms with Crippen molar-refractivity contribution in [1.29, 1.82) is 0 Å². The fourth-order valence-electron chi connectivity index (χ4n) is 3.38. The van der Waals surface area contributed by atoms with Crippen molar-refractivity contribution >= 4 is 23.1 Å². The molecule has 0 spiro atoms. The van der Waals surface area contributed by atoms with Crippen LogP contribution in [0, 0.1) is 24.4 Å². The number of carbonyl (C=O) groups is 1. The van der Waals surface area contributed by atoms with Crippen molar-refractivity contribution < 1.29 is 18.0 Å². The zero-order valence-electron chi connectivity index (χ0n) is 15.5. The molecule has 0 unspecified atom stereocenters. The number of anilines is 3. The van der Waals surface area contributed by atoms with Gasteiger partial charge in [-0.3, -0.25) is 4.79 Å². The van der Waals surface area contributed by atoms with Crippen molar-refractivity contribution in [3.8, 4) is 0 Å². The first kappa shape index (κ1) is 18.9. The summed E-state index contributed by atoms with van der Waals surface area (Å²) in [5.41, 5.74) is 1.75. The van der Waals surface area contributed by atoms with Crippen LogP contribution < -0.4 is 10.2 Å². The summed E-state index contributed by atoms with van der Waals surface area (Å²) in [5.74, 6) is -4.15. The molecule has 0 fully saturated rings. The largest absolute Gasteiger partial charge is 0.338 e. The van der Waals surface area contributed by atoms with Crippen LogP contribution in [0.15, 0.2) is 42.5 Å². The summed E-state index contributed by atoms with van der Waals surface area (Å²) in [4.78, 5) is 23.1. The Kier molecular flexibility index (Phi) is 4.92. The number of benzene rings is 2. The van der Waals surface area contributed by atoms with Gasteiger partial charge in [0.05, 0.1) is 5.69 Å². The average Bonchev–Trinajstić information content (AvgIpc) is 2.73. The van der Waals surface area contributed by atoms with E-state index in [9.17, 15) is 18.0 Å². The Morgan fingerprint density at radius 2 is 1.86 bits per heavy atom. The molecule has 0 aliphatic carbocycles. The maximum absolute atomic E-state index is 14.0. The molecule has 0 saturated carbocycles. The van der Waals surface area contributed by atoms with E-state index in [1.807, 2.05) is 24.3 Å². The van der Waals surface area contributed by atoms with Crippen LogP contribution in [-0.2, 0) is 6.42 Å². The highest BCUT2D eigenvalue weighted by atomic mass is 19.2. The fourth-order valence-corrected chi connectivity index (χ4v) is 3.38. The van der Waals surface area contributed by atoms with Gasteiger partial charge in [0.25, 0.3) is 5.91 Å². The van der Waals surface area contributed by atoms with Crippen molar-refractivity contribution in [3.63, 3.8) is 0 Å². The van der Waals surface area contributed by atoms with E-state index in [1.165, 1.54) is 6.07 Å². The van der Waals surface area contributed by atoms with Crippen LogP contribution >= 0.6 is 0 Å². The van der Waals surface area contributed by atoms with Gasteiger partial charge >= 0.3 is 0 Å². The van der Waals surface area contributed by atoms with Crippen molar-refractivity contribution in [2.45, 2.75) is 19.8 Å². The Morgan fingerprint density at radius 3 is 2.69 bits per heavy atom. The number of halogens is 3. The number of carbonyl (C=O) groups excluding carboxylic acids is 1. The van der Waals surface area contributed by atoms with Gasteiger partial charge in [0.15, 0.2) is 17.5 Å². The summed E-state index contributed by atoms with van der Waals surface area (Å²) in [6.45, 7) is 2.15. The van der Waals surface area contributed by atoms with Crippen LogP contribution in [0.25, 0.3) is 0 Å². The van der Waals surface area contributed by atoms with Crippen LogP contribution in [0.3, 0.4) is 0 Å². The lowest BCUT2D eigenvalue weighted by atomic mass is 10.0. The number of amides is 1. The number of rotatable bonds is 3. The molecule has 0 bridgehead atoms. The van der Waals surface area contributed by atoms with E-state index in [2.05, 4.69) is 15.3 Å². The smallest absolute Gasteiger partial charge is 0.277 e. The van der Waals surface area contributed by atoms with E-state index >= 15 is 0 Å². The number of aromatic nitrogens is 2. The van der Waals surface area contributed by atoms with E-state index in [0.717, 1.165) is 36.2 Å². The highest BCUT2D eigenvalue weighted by Crippen LogP contribution is 2.28. The third-order valence-electron chi connectivity index (χ3n) is 4.71. The highest BCUT2D eigenvalue weighted by molar-refractivity contribution is 6.05. The molecule has 0 saturated heterocycles. The molecule has 1 aromatic heterocycles. The SMILES string of the molecule is Cc1nc(Nc2ccc(F)c(F)c2F)cc(C(=O)N2CCCc3ccccc32)n1. The molecule has 29 heavy (non-hydrogen) atoms. The van der Waals surface area contributed by atoms with Crippen LogP contribution in [0.2, 0.25) is 0 Å². The zero-order valence-corrected chi connectivity index (χ0v) is 15.5. The molecule has 1 aliphatic rings. The van der Waals surface area contributed by atoms with Crippen LogP contribution in [0.5, 0.6) is 0 Å². The standard InChI is InChI=1S/C21H17F3N4O/c1-12-25-16(21(29)28-10-4-6-13-5-2-3-7-17(13)28)11-18(26-12)27-15-9-8-14(22)19(23)20(15)24/h2-3,5,7-9,11H,4,6,10H2,1H3,(H,25,26,27). The Hall–Kier alpha value is -3.42. The van der Waals surface area contributed by atoms with Crippen molar-refractivity contribution in [1.82, 2.24) is 9.97 Å². The molecule has 1 N–H and O–H groups in total. The minimum atomic E-state index is -1.58. The predicted molar refractivity (Wildman–Crippen MR) is 103 cm³/mol. The molecule has 5 nitrogen and oxygen atoms in total. The maximum Gasteiger partial charge on any atom is 0.277 e. The molecule has 0 atom stereocenters. The summed E-state index contributed by atoms with van der Waals surface area (Å²) in [7, 11) is 0. The molecule has 8 heteroatoms. The first-order valence-corrected chi connectivity index (χ1v) is 9.10. The normalized spacial score (nSPS) is 13.2. The maximum atomic E-state index is 14.0. The molecule has 0 radical (unpaired) electrons. The zero-order chi connectivity index (χ0) is 20.5. The van der Waals surface area contributed by atoms with Gasteiger partial charge in [-0.15, -0.1) is 0 Å². The van der Waals surface area contributed by atoms with Crippen LogP contribution in [0.1, 0.15) is 28.3 Å². The third kappa shape index (κ3) is 3.65. The molecule has 2 aromatic carbocycles. The van der Waals surface area contributed by atoms with Gasteiger partial charge in [0, 0.05) is 18.3 Å². The van der Waals surface area contributed by atoms with E-state index in [0.29, 0.717) is 6.54 Å². The first-order chi connectivity index (χ1) is 13.9. The summed E-state index contributed by atoms with van der Waals surface area (Å²) >= 11 is 0. The Bertz CT molecular complexity index is 1100. The highest BCUT2D eigenvalue weighted by Gasteiger charge is 2.25. The molecule has 148 valence electrons. The molecule has 3 aromatic rings. The van der Waals surface area contributed by atoms with Gasteiger partial charge < -0.3 is 10.2 Å². The van der Waals surface area contributed by atoms with Gasteiger partial charge in [0.2, 0.25) is 0 Å². The van der Waals surface area contributed by atoms with Crippen LogP contribution in [-0.4, -0.2) is 22.4 Å². The molecular formula is C21H17F3N4O. The van der Waals surface area contributed by atoms with Gasteiger partial charge in [-0.05, 0) is 43.5 Å². The van der Waals surface area contributed by atoms with Gasteiger partial charge in [-0.2, -0.15) is 0 Å². The van der Waals surface area contributed by atoms with E-state index in [4.69, 9.17) is 0 Å². The first-order valence-electron chi connectivity index (χ1n) is 9.10. The minimum absolute atomic E-state index is 0.107. The number of aryl methyl sites for hydroxylation is 2. The Morgan fingerprint density at radius 1 is 1.07 bits per heavy atom. The lowest BCUT2D eigenvalue weighted by Gasteiger charge is -2.29. The quantitative estimate of drug-likeness (QED) is 0.658. The molecule has 2 heterocycles. The molecule has 4 rings (SSSR count). The second kappa shape index (κ2) is 7.54. The van der Waals surface area contributed by atoms with Crippen LogP contribution in [0.4, 0.5) is 30.4 Å². The lowest BCUT2D eigenvalue weighted by molar-refractivity contribution is 0.0980. The van der Waals surface area contributed by atoms with E-state index in [1.54, 1.807) is 11.8 Å².